The van der Waals surface area contributed by atoms with Crippen molar-refractivity contribution in [3.05, 3.63) is 55.1 Å². The van der Waals surface area contributed by atoms with Gasteiger partial charge in [-0.15, -0.1) is 0 Å². The molecular weight excluding hydrogens is 431 g/mol. The number of rotatable bonds is 3. The van der Waals surface area contributed by atoms with E-state index in [-0.39, 0.29) is 23.6 Å². The van der Waals surface area contributed by atoms with Crippen LogP contribution in [-0.2, 0) is 14.3 Å². The second-order valence-corrected chi connectivity index (χ2v) is 6.36. The predicted octanol–water partition coefficient (Wildman–Crippen LogP) is 3.59. The van der Waals surface area contributed by atoms with Gasteiger partial charge in [0, 0.05) is 3.57 Å². The van der Waals surface area contributed by atoms with E-state index in [1.807, 2.05) is 12.1 Å². The van der Waals surface area contributed by atoms with Gasteiger partial charge in [0.05, 0.1) is 23.1 Å². The van der Waals surface area contributed by atoms with Gasteiger partial charge in [-0.3, -0.25) is 0 Å². The maximum Gasteiger partial charge on any atom is 0.338 e. The summed E-state index contributed by atoms with van der Waals surface area (Å²) in [5, 5.41) is 9.99. The van der Waals surface area contributed by atoms with E-state index >= 15 is 0 Å². The lowest BCUT2D eigenvalue weighted by Gasteiger charge is -2.27. The van der Waals surface area contributed by atoms with Crippen LogP contribution in [0.25, 0.3) is 0 Å². The molecule has 0 fully saturated rings. The van der Waals surface area contributed by atoms with Crippen molar-refractivity contribution in [1.82, 2.24) is 0 Å². The third-order valence-corrected chi connectivity index (χ3v) is 4.95. The average Bonchev–Trinajstić information content (AvgIpc) is 2.49. The highest BCUT2D eigenvalue weighted by Crippen LogP contribution is 2.40. The third kappa shape index (κ3) is 3.46. The smallest absolute Gasteiger partial charge is 0.338 e. The van der Waals surface area contributed by atoms with E-state index in [9.17, 15) is 10.1 Å². The molecule has 1 atom stereocenters. The topological polar surface area (TPSA) is 85.3 Å². The van der Waals surface area contributed by atoms with Gasteiger partial charge in [-0.1, -0.05) is 17.7 Å². The molecule has 0 amide bonds. The molecule has 0 aromatic heterocycles. The number of esters is 1. The molecule has 0 radical (unpaired) electrons. The summed E-state index contributed by atoms with van der Waals surface area (Å²) >= 11 is 8.29. The second-order valence-electron chi connectivity index (χ2n) is 4.79. The standard InChI is InChI=1S/C16H14ClIN2O3/c1-3-22-16(21)13-8(2)23-15(20)10(7-19)14(13)9-4-5-12(18)11(17)6-9/h4-6,14H,3,20H2,1-2H3. The van der Waals surface area contributed by atoms with Gasteiger partial charge in [-0.25, -0.2) is 4.79 Å². The van der Waals surface area contributed by atoms with Crippen LogP contribution in [0.3, 0.4) is 0 Å². The molecule has 2 rings (SSSR count). The fourth-order valence-electron chi connectivity index (χ4n) is 2.38. The number of halogens is 2. The van der Waals surface area contributed by atoms with Crippen molar-refractivity contribution in [3.8, 4) is 6.07 Å². The highest BCUT2D eigenvalue weighted by Gasteiger charge is 2.36. The number of benzene rings is 1. The molecule has 7 heteroatoms. The van der Waals surface area contributed by atoms with Crippen molar-refractivity contribution in [2.24, 2.45) is 5.73 Å². The Bertz CT molecular complexity index is 765. The maximum atomic E-state index is 12.3. The van der Waals surface area contributed by atoms with E-state index in [0.717, 1.165) is 3.57 Å². The van der Waals surface area contributed by atoms with Gasteiger partial charge in [0.2, 0.25) is 5.88 Å². The number of carbonyl (C=O) groups excluding carboxylic acids is 1. The van der Waals surface area contributed by atoms with E-state index in [1.54, 1.807) is 26.0 Å². The van der Waals surface area contributed by atoms with Gasteiger partial charge >= 0.3 is 5.97 Å². The minimum Gasteiger partial charge on any atom is -0.463 e. The lowest BCUT2D eigenvalue weighted by Crippen LogP contribution is -2.25. The van der Waals surface area contributed by atoms with E-state index in [4.69, 9.17) is 26.8 Å². The number of nitriles is 1. The van der Waals surface area contributed by atoms with E-state index in [0.29, 0.717) is 16.3 Å². The van der Waals surface area contributed by atoms with Crippen molar-refractivity contribution < 1.29 is 14.3 Å². The van der Waals surface area contributed by atoms with Crippen molar-refractivity contribution >= 4 is 40.2 Å². The van der Waals surface area contributed by atoms with Gasteiger partial charge in [-0.05, 0) is 54.1 Å². The molecule has 1 aromatic carbocycles. The van der Waals surface area contributed by atoms with Crippen LogP contribution in [0.4, 0.5) is 0 Å². The zero-order chi connectivity index (χ0) is 17.1. The molecule has 0 spiro atoms. The maximum absolute atomic E-state index is 12.3. The summed E-state index contributed by atoms with van der Waals surface area (Å²) in [7, 11) is 0. The molecule has 1 heterocycles. The first-order valence-corrected chi connectivity index (χ1v) is 8.26. The zero-order valence-electron chi connectivity index (χ0n) is 12.5. The molecule has 23 heavy (non-hydrogen) atoms. The van der Waals surface area contributed by atoms with Gasteiger partial charge in [0.15, 0.2) is 0 Å². The van der Waals surface area contributed by atoms with Gasteiger partial charge < -0.3 is 15.2 Å². The Morgan fingerprint density at radius 3 is 2.83 bits per heavy atom. The van der Waals surface area contributed by atoms with Gasteiger partial charge in [0.1, 0.15) is 17.4 Å². The van der Waals surface area contributed by atoms with Crippen LogP contribution < -0.4 is 5.73 Å². The lowest BCUT2D eigenvalue weighted by molar-refractivity contribution is -0.139. The summed E-state index contributed by atoms with van der Waals surface area (Å²) in [4.78, 5) is 12.3. The number of allylic oxidation sites excluding steroid dienone is 2. The first-order chi connectivity index (χ1) is 10.9. The Balaban J connectivity index is 2.64. The first-order valence-electron chi connectivity index (χ1n) is 6.81. The van der Waals surface area contributed by atoms with Crippen molar-refractivity contribution in [3.63, 3.8) is 0 Å². The summed E-state index contributed by atoms with van der Waals surface area (Å²) < 4.78 is 11.3. The zero-order valence-corrected chi connectivity index (χ0v) is 15.4. The summed E-state index contributed by atoms with van der Waals surface area (Å²) in [6.45, 7) is 3.55. The second kappa shape index (κ2) is 7.23. The third-order valence-electron chi connectivity index (χ3n) is 3.38. The summed E-state index contributed by atoms with van der Waals surface area (Å²) in [6, 6.07) is 7.37. The minimum atomic E-state index is -0.665. The Hall–Kier alpha value is -1.72. The molecule has 0 bridgehead atoms. The number of carbonyl (C=O) groups is 1. The highest BCUT2D eigenvalue weighted by molar-refractivity contribution is 14.1. The molecule has 1 aromatic rings. The Kier molecular flexibility index (Phi) is 5.55. The van der Waals surface area contributed by atoms with Crippen molar-refractivity contribution in [2.45, 2.75) is 19.8 Å². The number of nitrogens with two attached hydrogens (primary N) is 1. The van der Waals surface area contributed by atoms with Crippen LogP contribution in [0, 0.1) is 14.9 Å². The van der Waals surface area contributed by atoms with Crippen LogP contribution in [0.5, 0.6) is 0 Å². The molecule has 120 valence electrons. The summed E-state index contributed by atoms with van der Waals surface area (Å²) in [5.41, 5.74) is 6.93. The molecular formula is C16H14ClIN2O3. The lowest BCUT2D eigenvalue weighted by atomic mass is 9.83. The van der Waals surface area contributed by atoms with Gasteiger partial charge in [0.25, 0.3) is 0 Å². The fraction of sp³-hybridized carbons (Fsp3) is 0.250. The number of hydrogen-bond acceptors (Lipinski definition) is 5. The van der Waals surface area contributed by atoms with Crippen LogP contribution >= 0.6 is 34.2 Å². The number of ether oxygens (including phenoxy) is 2. The van der Waals surface area contributed by atoms with E-state index in [1.165, 1.54) is 0 Å². The molecule has 0 saturated heterocycles. The van der Waals surface area contributed by atoms with Crippen molar-refractivity contribution in [1.29, 1.82) is 5.26 Å². The number of nitrogens with zero attached hydrogens (tertiary/aromatic N) is 1. The van der Waals surface area contributed by atoms with Crippen LogP contribution in [0.2, 0.25) is 5.02 Å². The average molecular weight is 445 g/mol. The molecule has 1 aliphatic rings. The highest BCUT2D eigenvalue weighted by atomic mass is 127. The monoisotopic (exact) mass is 444 g/mol. The van der Waals surface area contributed by atoms with Crippen LogP contribution in [0.15, 0.2) is 41.0 Å². The summed E-state index contributed by atoms with van der Waals surface area (Å²) in [6.07, 6.45) is 0. The van der Waals surface area contributed by atoms with Crippen molar-refractivity contribution in [2.75, 3.05) is 6.61 Å². The predicted molar refractivity (Wildman–Crippen MR) is 94.2 cm³/mol. The fourth-order valence-corrected chi connectivity index (χ4v) is 2.90. The molecule has 2 N–H and O–H groups in total. The van der Waals surface area contributed by atoms with Crippen LogP contribution in [-0.4, -0.2) is 12.6 Å². The quantitative estimate of drug-likeness (QED) is 0.569. The van der Waals surface area contributed by atoms with E-state index in [2.05, 4.69) is 22.6 Å². The van der Waals surface area contributed by atoms with Gasteiger partial charge in [-0.2, -0.15) is 5.26 Å². The molecule has 1 aliphatic heterocycles. The Morgan fingerprint density at radius 1 is 1.57 bits per heavy atom. The van der Waals surface area contributed by atoms with Crippen LogP contribution in [0.1, 0.15) is 25.3 Å². The van der Waals surface area contributed by atoms with E-state index < -0.39 is 11.9 Å². The molecule has 5 nitrogen and oxygen atoms in total. The molecule has 0 aliphatic carbocycles. The first kappa shape index (κ1) is 17.6. The summed E-state index contributed by atoms with van der Waals surface area (Å²) in [5.74, 6) is -0.899. The normalized spacial score (nSPS) is 17.6. The minimum absolute atomic E-state index is 0.0160. The SMILES string of the molecule is CCOC(=O)C1=C(C)OC(N)=C(C#N)C1c1ccc(I)c(Cl)c1. The Labute approximate surface area is 152 Å². The molecule has 1 unspecified atom stereocenters. The Morgan fingerprint density at radius 2 is 2.26 bits per heavy atom. The molecule has 0 saturated carbocycles. The number of hydrogen-bond donors (Lipinski definition) is 1. The largest absolute Gasteiger partial charge is 0.463 e.